The first-order valence-electron chi connectivity index (χ1n) is 23.1. The van der Waals surface area contributed by atoms with Gasteiger partial charge < -0.3 is 75.9 Å². The summed E-state index contributed by atoms with van der Waals surface area (Å²) in [6.45, 7) is 8.22. The van der Waals surface area contributed by atoms with E-state index in [1.54, 1.807) is 13.8 Å². The monoisotopic (exact) mass is 928 g/mol. The molecular weight excluding hydrogens is 847 g/mol. The van der Waals surface area contributed by atoms with E-state index in [2.05, 4.69) is 54.8 Å². The normalized spacial score (nSPS) is 14.7. The highest BCUT2D eigenvalue weighted by Crippen LogP contribution is 2.11. The van der Waals surface area contributed by atoms with Crippen molar-refractivity contribution in [3.63, 3.8) is 0 Å². The van der Waals surface area contributed by atoms with E-state index in [0.29, 0.717) is 12.8 Å². The molecule has 0 fully saturated rings. The summed E-state index contributed by atoms with van der Waals surface area (Å²) in [5.41, 5.74) is 22.9. The molecule has 0 aromatic carbocycles. The Labute approximate surface area is 383 Å². The van der Waals surface area contributed by atoms with E-state index in [4.69, 9.17) is 22.9 Å². The Morgan fingerprint density at radius 1 is 0.431 bits per heavy atom. The molecule has 23 nitrogen and oxygen atoms in total. The van der Waals surface area contributed by atoms with Crippen molar-refractivity contribution in [3.05, 3.63) is 0 Å². The zero-order valence-electron chi connectivity index (χ0n) is 39.2. The van der Waals surface area contributed by atoms with Crippen LogP contribution in [0.25, 0.3) is 0 Å². The van der Waals surface area contributed by atoms with Gasteiger partial charge >= 0.3 is 0 Å². The third kappa shape index (κ3) is 24.8. The summed E-state index contributed by atoms with van der Waals surface area (Å²) in [5, 5.41) is 33.2. The molecule has 18 N–H and O–H groups in total. The van der Waals surface area contributed by atoms with Crippen molar-refractivity contribution in [1.82, 2.24) is 47.9 Å². The number of nitrogens with one attached hydrogen (secondary N) is 9. The lowest BCUT2D eigenvalue weighted by Gasteiger charge is -2.27. The fourth-order valence-electron chi connectivity index (χ4n) is 6.55. The van der Waals surface area contributed by atoms with Gasteiger partial charge in [0, 0.05) is 13.0 Å². The molecule has 0 aromatic rings. The molecule has 0 aromatic heterocycles. The van der Waals surface area contributed by atoms with Crippen molar-refractivity contribution < 1.29 is 48.3 Å². The summed E-state index contributed by atoms with van der Waals surface area (Å²) >= 11 is 0. The van der Waals surface area contributed by atoms with Crippen LogP contribution in [-0.4, -0.2) is 146 Å². The molecule has 0 aliphatic carbocycles. The molecule has 65 heavy (non-hydrogen) atoms. The van der Waals surface area contributed by atoms with Gasteiger partial charge in [0.05, 0.1) is 12.6 Å². The van der Waals surface area contributed by atoms with Gasteiger partial charge in [0.25, 0.3) is 0 Å². The van der Waals surface area contributed by atoms with Crippen molar-refractivity contribution in [2.24, 2.45) is 22.9 Å². The van der Waals surface area contributed by atoms with E-state index >= 15 is 0 Å². The molecule has 23 heteroatoms. The van der Waals surface area contributed by atoms with Gasteiger partial charge in [-0.3, -0.25) is 43.2 Å². The summed E-state index contributed by atoms with van der Waals surface area (Å²) in [5.74, 6) is -6.10. The Bertz CT molecular complexity index is 1490. The molecule has 0 saturated carbocycles. The molecule has 0 bridgehead atoms. The Kier molecular flexibility index (Phi) is 32.6. The second-order valence-electron chi connectivity index (χ2n) is 15.8. The first kappa shape index (κ1) is 60.0. The van der Waals surface area contributed by atoms with E-state index in [1.165, 1.54) is 6.92 Å². The number of hydrogen-bond donors (Lipinski definition) is 14. The van der Waals surface area contributed by atoms with Gasteiger partial charge in [-0.1, -0.05) is 59.3 Å². The molecule has 9 amide bonds. The number of amides is 9. The first-order chi connectivity index (χ1) is 31.0. The van der Waals surface area contributed by atoms with Gasteiger partial charge in [0.2, 0.25) is 53.2 Å². The summed E-state index contributed by atoms with van der Waals surface area (Å²) in [6, 6.07) is -8.34. The average molecular weight is 928 g/mol. The highest BCUT2D eigenvalue weighted by molar-refractivity contribution is 5.97. The number of carbonyl (C=O) groups excluding carboxylic acids is 9. The molecular formula is C42H81N13O10. The summed E-state index contributed by atoms with van der Waals surface area (Å²) < 4.78 is 0. The standard InChI is InChI=1S/C42H81N13O10/c1-6-10-11-12-13-14-16-28(52-39(62)30(18-22-44)50-34(58)25-48-36(59)29(17-21-43)49-33(57)15-7-2)38(61)51-27(8-3)37(60)53-31(19-23-45)40(63)54-32(20-24-46)41(64)55-35(26(5)56)42(65)47-9-4/h26-32,35,56H,6-25,43-46H2,1-5H3,(H,47,65)(H,48,59)(H,49,57)(H,50,58)(H,51,61)(H,52,62)(H,53,60)(H,54,63)(H,55,64)/t26?,27?,28-,29?,30?,31?,32?,35?/m1/s1. The van der Waals surface area contributed by atoms with Crippen molar-refractivity contribution in [3.8, 4) is 0 Å². The minimum absolute atomic E-state index is 0.0204. The van der Waals surface area contributed by atoms with Gasteiger partial charge in [-0.2, -0.15) is 0 Å². The van der Waals surface area contributed by atoms with Crippen molar-refractivity contribution in [1.29, 1.82) is 0 Å². The molecule has 0 saturated heterocycles. The third-order valence-electron chi connectivity index (χ3n) is 10.2. The van der Waals surface area contributed by atoms with Gasteiger partial charge in [-0.15, -0.1) is 0 Å². The molecule has 0 rings (SSSR count). The minimum atomic E-state index is -1.32. The fraction of sp³-hybridized carbons (Fsp3) is 0.786. The van der Waals surface area contributed by atoms with Gasteiger partial charge in [0.1, 0.15) is 42.3 Å². The van der Waals surface area contributed by atoms with E-state index in [1.807, 2.05) is 6.92 Å². The van der Waals surface area contributed by atoms with Crippen LogP contribution < -0.4 is 70.8 Å². The van der Waals surface area contributed by atoms with Crippen LogP contribution >= 0.6 is 0 Å². The first-order valence-corrected chi connectivity index (χ1v) is 23.1. The number of hydrogen-bond acceptors (Lipinski definition) is 14. The Balaban J connectivity index is 6.08. The second kappa shape index (κ2) is 35.3. The maximum Gasteiger partial charge on any atom is 0.245 e. The maximum absolute atomic E-state index is 13.9. The maximum atomic E-state index is 13.9. The quantitative estimate of drug-likeness (QED) is 0.0270. The van der Waals surface area contributed by atoms with E-state index in [9.17, 15) is 48.3 Å². The summed E-state index contributed by atoms with van der Waals surface area (Å²) in [6.07, 6.45) is 5.03. The van der Waals surface area contributed by atoms with Crippen LogP contribution in [-0.2, 0) is 43.2 Å². The minimum Gasteiger partial charge on any atom is -0.391 e. The lowest BCUT2D eigenvalue weighted by Crippen LogP contribution is -2.60. The van der Waals surface area contributed by atoms with E-state index in [0.717, 1.165) is 32.1 Å². The highest BCUT2D eigenvalue weighted by atomic mass is 16.3. The fourth-order valence-corrected chi connectivity index (χ4v) is 6.55. The van der Waals surface area contributed by atoms with E-state index < -0.39 is 102 Å². The number of likely N-dealkylation sites (N-methyl/N-ethyl adjacent to an activating group) is 1. The molecule has 0 spiro atoms. The number of aliphatic hydroxyl groups is 1. The second-order valence-corrected chi connectivity index (χ2v) is 15.8. The molecule has 374 valence electrons. The largest absolute Gasteiger partial charge is 0.391 e. The topological polar surface area (TPSA) is 386 Å². The number of rotatable bonds is 36. The SMILES string of the molecule is CCCCCCCC[C@@H](NC(=O)C(CCN)NC(=O)CNC(=O)C(CCN)NC(=O)CCC)C(=O)NC(CC)C(=O)NC(CCN)C(=O)NC(CCN)C(=O)NC(C(=O)NCC)C(C)O. The molecule has 7 unspecified atom stereocenters. The molecule has 8 atom stereocenters. The lowest BCUT2D eigenvalue weighted by atomic mass is 10.0. The van der Waals surface area contributed by atoms with Crippen LogP contribution in [0, 0.1) is 0 Å². The summed E-state index contributed by atoms with van der Waals surface area (Å²) in [4.78, 5) is 118. The van der Waals surface area contributed by atoms with E-state index in [-0.39, 0.29) is 83.6 Å². The van der Waals surface area contributed by atoms with Crippen LogP contribution in [0.4, 0.5) is 0 Å². The average Bonchev–Trinajstić information content (AvgIpc) is 3.26. The third-order valence-corrected chi connectivity index (χ3v) is 10.2. The molecule has 0 aliphatic heterocycles. The van der Waals surface area contributed by atoms with Crippen LogP contribution in [0.5, 0.6) is 0 Å². The van der Waals surface area contributed by atoms with Crippen LogP contribution in [0.15, 0.2) is 0 Å². The Morgan fingerprint density at radius 3 is 1.28 bits per heavy atom. The number of nitrogens with two attached hydrogens (primary N) is 4. The number of unbranched alkanes of at least 4 members (excludes halogenated alkanes) is 5. The summed E-state index contributed by atoms with van der Waals surface area (Å²) in [7, 11) is 0. The highest BCUT2D eigenvalue weighted by Gasteiger charge is 2.33. The Morgan fingerprint density at radius 2 is 0.831 bits per heavy atom. The molecule has 0 heterocycles. The predicted molar refractivity (Wildman–Crippen MR) is 245 cm³/mol. The van der Waals surface area contributed by atoms with Crippen LogP contribution in [0.1, 0.15) is 125 Å². The van der Waals surface area contributed by atoms with Gasteiger partial charge in [0.15, 0.2) is 0 Å². The van der Waals surface area contributed by atoms with Gasteiger partial charge in [-0.25, -0.2) is 0 Å². The van der Waals surface area contributed by atoms with Crippen molar-refractivity contribution in [2.45, 2.75) is 173 Å². The molecule has 0 aliphatic rings. The smallest absolute Gasteiger partial charge is 0.245 e. The van der Waals surface area contributed by atoms with Crippen molar-refractivity contribution >= 4 is 53.2 Å². The van der Waals surface area contributed by atoms with Crippen LogP contribution in [0.3, 0.4) is 0 Å². The molecule has 0 radical (unpaired) electrons. The predicted octanol–water partition coefficient (Wildman–Crippen LogP) is -3.63. The van der Waals surface area contributed by atoms with Crippen LogP contribution in [0.2, 0.25) is 0 Å². The lowest BCUT2D eigenvalue weighted by molar-refractivity contribution is -0.136. The Hall–Kier alpha value is -4.97. The number of aliphatic hydroxyl groups excluding tert-OH is 1. The zero-order chi connectivity index (χ0) is 49.3. The van der Waals surface area contributed by atoms with Gasteiger partial charge in [-0.05, 0) is 85.0 Å². The zero-order valence-corrected chi connectivity index (χ0v) is 39.2. The van der Waals surface area contributed by atoms with Crippen molar-refractivity contribution in [2.75, 3.05) is 39.3 Å². The number of carbonyl (C=O) groups is 9.